The first kappa shape index (κ1) is 15.6. The summed E-state index contributed by atoms with van der Waals surface area (Å²) in [6, 6.07) is 1.30. The summed E-state index contributed by atoms with van der Waals surface area (Å²) in [5, 5.41) is 6.71. The molecule has 2 fully saturated rings. The molecule has 20 heavy (non-hydrogen) atoms. The van der Waals surface area contributed by atoms with E-state index in [0.717, 1.165) is 18.5 Å². The fourth-order valence-electron chi connectivity index (χ4n) is 3.21. The molecule has 4 atom stereocenters. The summed E-state index contributed by atoms with van der Waals surface area (Å²) < 4.78 is 5.29. The summed E-state index contributed by atoms with van der Waals surface area (Å²) in [5.74, 6) is 1.44. The maximum Gasteiger partial charge on any atom is 0.407 e. The number of hydrogen-bond acceptors (Lipinski definition) is 3. The summed E-state index contributed by atoms with van der Waals surface area (Å²) in [7, 11) is 0. The Hall–Kier alpha value is -0.770. The number of ether oxygens (including phenoxy) is 1. The molecule has 0 saturated heterocycles. The second-order valence-electron chi connectivity index (χ2n) is 7.36. The first-order chi connectivity index (χ1) is 9.39. The number of nitrogens with one attached hydrogen (secondary N) is 2. The fourth-order valence-corrected chi connectivity index (χ4v) is 3.21. The molecular formula is C16H30N2O2. The lowest BCUT2D eigenvalue weighted by Gasteiger charge is -2.24. The summed E-state index contributed by atoms with van der Waals surface area (Å²) in [5.41, 5.74) is -0.417. The first-order valence-corrected chi connectivity index (χ1v) is 8.12. The number of amides is 1. The third-order valence-corrected chi connectivity index (χ3v) is 4.44. The Morgan fingerprint density at radius 2 is 1.95 bits per heavy atom. The molecular weight excluding hydrogens is 252 g/mol. The normalized spacial score (nSPS) is 33.0. The lowest BCUT2D eigenvalue weighted by Crippen LogP contribution is -2.42. The molecule has 0 aliphatic heterocycles. The third-order valence-electron chi connectivity index (χ3n) is 4.44. The monoisotopic (exact) mass is 282 g/mol. The van der Waals surface area contributed by atoms with Crippen molar-refractivity contribution < 1.29 is 9.53 Å². The van der Waals surface area contributed by atoms with Crippen molar-refractivity contribution in [2.75, 3.05) is 6.54 Å². The smallest absolute Gasteiger partial charge is 0.407 e. The minimum absolute atomic E-state index is 0.291. The number of hydrogen-bond donors (Lipinski definition) is 2. The molecule has 4 unspecified atom stereocenters. The summed E-state index contributed by atoms with van der Waals surface area (Å²) in [6.45, 7) is 8.68. The van der Waals surface area contributed by atoms with Crippen molar-refractivity contribution in [2.24, 2.45) is 11.8 Å². The van der Waals surface area contributed by atoms with Crippen LogP contribution in [0.2, 0.25) is 0 Å². The van der Waals surface area contributed by atoms with Crippen molar-refractivity contribution in [1.29, 1.82) is 0 Å². The topological polar surface area (TPSA) is 50.4 Å². The molecule has 2 saturated carbocycles. The Kier molecular flexibility index (Phi) is 4.95. The van der Waals surface area contributed by atoms with Crippen LogP contribution in [0.4, 0.5) is 4.79 Å². The average Bonchev–Trinajstić information content (AvgIpc) is 2.93. The standard InChI is InChI=1S/C16H30N2O2/c1-5-11-9-14(11)18-13-8-6-7-12(13)10-17-15(19)20-16(2,3)4/h11-14,18H,5-10H2,1-4H3,(H,17,19). The van der Waals surface area contributed by atoms with Crippen molar-refractivity contribution >= 4 is 6.09 Å². The molecule has 0 aromatic carbocycles. The van der Waals surface area contributed by atoms with E-state index in [9.17, 15) is 4.79 Å². The van der Waals surface area contributed by atoms with Crippen LogP contribution in [0.3, 0.4) is 0 Å². The number of carbonyl (C=O) groups is 1. The van der Waals surface area contributed by atoms with Gasteiger partial charge in [-0.2, -0.15) is 0 Å². The van der Waals surface area contributed by atoms with Crippen LogP contribution < -0.4 is 10.6 Å². The lowest BCUT2D eigenvalue weighted by molar-refractivity contribution is 0.0517. The Morgan fingerprint density at radius 1 is 1.20 bits per heavy atom. The van der Waals surface area contributed by atoms with E-state index < -0.39 is 5.60 Å². The summed E-state index contributed by atoms with van der Waals surface area (Å²) in [6.07, 6.45) is 6.04. The van der Waals surface area contributed by atoms with Gasteiger partial charge >= 0.3 is 6.09 Å². The van der Waals surface area contributed by atoms with E-state index in [4.69, 9.17) is 4.74 Å². The van der Waals surface area contributed by atoms with Crippen molar-refractivity contribution in [2.45, 2.75) is 77.5 Å². The molecule has 2 N–H and O–H groups in total. The van der Waals surface area contributed by atoms with Gasteiger partial charge in [0.25, 0.3) is 0 Å². The van der Waals surface area contributed by atoms with E-state index in [2.05, 4.69) is 17.6 Å². The van der Waals surface area contributed by atoms with Crippen LogP contribution in [0.25, 0.3) is 0 Å². The molecule has 0 heterocycles. The van der Waals surface area contributed by atoms with Crippen molar-refractivity contribution in [3.8, 4) is 0 Å². The SMILES string of the molecule is CCC1CC1NC1CCCC1CNC(=O)OC(C)(C)C. The maximum absolute atomic E-state index is 11.7. The van der Waals surface area contributed by atoms with Gasteiger partial charge in [0.05, 0.1) is 0 Å². The maximum atomic E-state index is 11.7. The predicted octanol–water partition coefficient (Wildman–Crippen LogP) is 3.07. The van der Waals surface area contributed by atoms with Gasteiger partial charge < -0.3 is 15.4 Å². The Labute approximate surface area is 123 Å². The zero-order valence-corrected chi connectivity index (χ0v) is 13.4. The van der Waals surface area contributed by atoms with Gasteiger partial charge in [-0.05, 0) is 51.9 Å². The van der Waals surface area contributed by atoms with Gasteiger partial charge in [0.2, 0.25) is 0 Å². The molecule has 2 aliphatic rings. The summed E-state index contributed by atoms with van der Waals surface area (Å²) in [4.78, 5) is 11.7. The molecule has 116 valence electrons. The molecule has 0 bridgehead atoms. The third kappa shape index (κ3) is 4.65. The predicted molar refractivity (Wildman–Crippen MR) is 80.7 cm³/mol. The van der Waals surface area contributed by atoms with Crippen LogP contribution in [0.1, 0.15) is 59.8 Å². The minimum atomic E-state index is -0.417. The van der Waals surface area contributed by atoms with E-state index in [1.165, 1.54) is 32.1 Å². The van der Waals surface area contributed by atoms with E-state index in [1.54, 1.807) is 0 Å². The zero-order valence-electron chi connectivity index (χ0n) is 13.4. The van der Waals surface area contributed by atoms with Crippen LogP contribution in [-0.4, -0.2) is 30.3 Å². The number of carbonyl (C=O) groups excluding carboxylic acids is 1. The van der Waals surface area contributed by atoms with Crippen molar-refractivity contribution in [3.63, 3.8) is 0 Å². The molecule has 2 aliphatic carbocycles. The van der Waals surface area contributed by atoms with E-state index in [-0.39, 0.29) is 6.09 Å². The van der Waals surface area contributed by atoms with Crippen LogP contribution in [-0.2, 0) is 4.74 Å². The van der Waals surface area contributed by atoms with Crippen molar-refractivity contribution in [3.05, 3.63) is 0 Å². The molecule has 4 heteroatoms. The highest BCUT2D eigenvalue weighted by atomic mass is 16.6. The quantitative estimate of drug-likeness (QED) is 0.815. The second kappa shape index (κ2) is 6.33. The molecule has 0 aromatic heterocycles. The molecule has 1 amide bonds. The van der Waals surface area contributed by atoms with Crippen LogP contribution >= 0.6 is 0 Å². The Balaban J connectivity index is 1.70. The average molecular weight is 282 g/mol. The van der Waals surface area contributed by atoms with Gasteiger partial charge in [-0.15, -0.1) is 0 Å². The van der Waals surface area contributed by atoms with Crippen LogP contribution in [0.5, 0.6) is 0 Å². The first-order valence-electron chi connectivity index (χ1n) is 8.12. The highest BCUT2D eigenvalue weighted by Crippen LogP contribution is 2.36. The van der Waals surface area contributed by atoms with Crippen LogP contribution in [0, 0.1) is 11.8 Å². The van der Waals surface area contributed by atoms with Crippen LogP contribution in [0.15, 0.2) is 0 Å². The summed E-state index contributed by atoms with van der Waals surface area (Å²) >= 11 is 0. The molecule has 0 spiro atoms. The van der Waals surface area contributed by atoms with Gasteiger partial charge in [-0.1, -0.05) is 19.8 Å². The number of rotatable bonds is 5. The minimum Gasteiger partial charge on any atom is -0.444 e. The molecule has 0 aromatic rings. The van der Waals surface area contributed by atoms with Gasteiger partial charge in [0.15, 0.2) is 0 Å². The Bertz CT molecular complexity index is 338. The van der Waals surface area contributed by atoms with E-state index >= 15 is 0 Å². The Morgan fingerprint density at radius 3 is 2.55 bits per heavy atom. The molecule has 0 radical (unpaired) electrons. The van der Waals surface area contributed by atoms with Crippen molar-refractivity contribution in [1.82, 2.24) is 10.6 Å². The highest BCUT2D eigenvalue weighted by Gasteiger charge is 2.39. The zero-order chi connectivity index (χ0) is 14.8. The lowest BCUT2D eigenvalue weighted by atomic mass is 10.0. The van der Waals surface area contributed by atoms with Gasteiger partial charge in [-0.25, -0.2) is 4.79 Å². The van der Waals surface area contributed by atoms with Gasteiger partial charge in [0.1, 0.15) is 5.60 Å². The highest BCUT2D eigenvalue weighted by molar-refractivity contribution is 5.67. The van der Waals surface area contributed by atoms with E-state index in [1.807, 2.05) is 20.8 Å². The largest absolute Gasteiger partial charge is 0.444 e. The van der Waals surface area contributed by atoms with Gasteiger partial charge in [-0.3, -0.25) is 0 Å². The molecule has 4 nitrogen and oxygen atoms in total. The van der Waals surface area contributed by atoms with Gasteiger partial charge in [0, 0.05) is 18.6 Å². The van der Waals surface area contributed by atoms with E-state index in [0.29, 0.717) is 12.0 Å². The number of alkyl carbamates (subject to hydrolysis) is 1. The second-order valence-corrected chi connectivity index (χ2v) is 7.36. The molecule has 2 rings (SSSR count). The fraction of sp³-hybridized carbons (Fsp3) is 0.938.